The number of likely N-dealkylation sites (tertiary alicyclic amines) is 1. The predicted molar refractivity (Wildman–Crippen MR) is 97.7 cm³/mol. The Balaban J connectivity index is 1.58. The van der Waals surface area contributed by atoms with E-state index in [0.29, 0.717) is 29.8 Å². The Morgan fingerprint density at radius 1 is 1.35 bits per heavy atom. The zero-order valence-electron chi connectivity index (χ0n) is 14.3. The van der Waals surface area contributed by atoms with E-state index in [9.17, 15) is 4.79 Å². The molecule has 134 valence electrons. The van der Waals surface area contributed by atoms with Crippen LogP contribution in [0.3, 0.4) is 0 Å². The quantitative estimate of drug-likeness (QED) is 0.756. The first kappa shape index (κ1) is 18.2. The van der Waals surface area contributed by atoms with E-state index in [2.05, 4.69) is 16.0 Å². The van der Waals surface area contributed by atoms with Crippen molar-refractivity contribution in [3.63, 3.8) is 0 Å². The highest BCUT2D eigenvalue weighted by molar-refractivity contribution is 6.27. The van der Waals surface area contributed by atoms with Gasteiger partial charge < -0.3 is 9.64 Å². The van der Waals surface area contributed by atoms with Gasteiger partial charge in [0, 0.05) is 30.9 Å². The van der Waals surface area contributed by atoms with Crippen LogP contribution in [0.15, 0.2) is 36.5 Å². The first-order chi connectivity index (χ1) is 12.7. The van der Waals surface area contributed by atoms with Crippen molar-refractivity contribution in [2.45, 2.75) is 12.8 Å². The summed E-state index contributed by atoms with van der Waals surface area (Å²) in [6.45, 7) is 1.99. The van der Waals surface area contributed by atoms with E-state index >= 15 is 0 Å². The van der Waals surface area contributed by atoms with Gasteiger partial charge in [0.05, 0.1) is 18.2 Å². The Bertz CT molecular complexity index is 813. The maximum atomic E-state index is 11.6. The smallest absolute Gasteiger partial charge is 0.237 e. The van der Waals surface area contributed by atoms with Crippen molar-refractivity contribution in [1.82, 2.24) is 14.9 Å². The first-order valence-corrected chi connectivity index (χ1v) is 9.03. The largest absolute Gasteiger partial charge is 0.477 e. The summed E-state index contributed by atoms with van der Waals surface area (Å²) in [7, 11) is 0. The number of benzene rings is 1. The van der Waals surface area contributed by atoms with Crippen LogP contribution in [-0.2, 0) is 4.79 Å². The van der Waals surface area contributed by atoms with Crippen molar-refractivity contribution in [3.8, 4) is 23.3 Å². The minimum atomic E-state index is -0.00826. The molecule has 1 aromatic heterocycles. The summed E-state index contributed by atoms with van der Waals surface area (Å²) in [6.07, 6.45) is 3.44. The van der Waals surface area contributed by atoms with Crippen molar-refractivity contribution in [2.75, 3.05) is 25.6 Å². The van der Waals surface area contributed by atoms with E-state index in [1.54, 1.807) is 35.4 Å². The van der Waals surface area contributed by atoms with Crippen molar-refractivity contribution >= 4 is 17.5 Å². The average Bonchev–Trinajstić information content (AvgIpc) is 2.72. The second-order valence-corrected chi connectivity index (χ2v) is 6.45. The Labute approximate surface area is 157 Å². The number of halogens is 1. The van der Waals surface area contributed by atoms with Gasteiger partial charge in [-0.3, -0.25) is 4.79 Å². The van der Waals surface area contributed by atoms with Crippen LogP contribution in [0.1, 0.15) is 18.4 Å². The molecule has 6 nitrogen and oxygen atoms in total. The van der Waals surface area contributed by atoms with Gasteiger partial charge in [-0.25, -0.2) is 4.98 Å². The van der Waals surface area contributed by atoms with Gasteiger partial charge in [0.25, 0.3) is 0 Å². The number of carbonyl (C=O) groups excluding carboxylic acids is 1. The highest BCUT2D eigenvalue weighted by Gasteiger charge is 2.22. The summed E-state index contributed by atoms with van der Waals surface area (Å²) >= 11 is 5.60. The minimum absolute atomic E-state index is 0.00826. The van der Waals surface area contributed by atoms with E-state index in [-0.39, 0.29) is 11.8 Å². The van der Waals surface area contributed by atoms with Crippen LogP contribution < -0.4 is 4.74 Å². The molecule has 3 rings (SSSR count). The summed E-state index contributed by atoms with van der Waals surface area (Å²) in [5.74, 6) is 1.46. The van der Waals surface area contributed by atoms with Crippen molar-refractivity contribution in [1.29, 1.82) is 5.26 Å². The van der Waals surface area contributed by atoms with Crippen LogP contribution in [0, 0.1) is 17.2 Å². The van der Waals surface area contributed by atoms with Crippen LogP contribution in [0.2, 0.25) is 0 Å². The number of hydrogen-bond acceptors (Lipinski definition) is 5. The molecule has 1 fully saturated rings. The van der Waals surface area contributed by atoms with E-state index in [1.807, 2.05) is 6.07 Å². The summed E-state index contributed by atoms with van der Waals surface area (Å²) in [5, 5.41) is 9.01. The summed E-state index contributed by atoms with van der Waals surface area (Å²) < 4.78 is 5.84. The molecule has 1 aliphatic rings. The lowest BCUT2D eigenvalue weighted by Gasteiger charge is -2.31. The Morgan fingerprint density at radius 3 is 2.88 bits per heavy atom. The fraction of sp³-hybridized carbons (Fsp3) is 0.368. The Hall–Kier alpha value is -2.65. The van der Waals surface area contributed by atoms with E-state index in [4.69, 9.17) is 21.6 Å². The summed E-state index contributed by atoms with van der Waals surface area (Å²) in [5.41, 5.74) is 1.35. The first-order valence-electron chi connectivity index (χ1n) is 8.49. The number of nitriles is 1. The molecular weight excluding hydrogens is 352 g/mol. The third-order valence-electron chi connectivity index (χ3n) is 4.43. The van der Waals surface area contributed by atoms with Gasteiger partial charge in [-0.05, 0) is 30.9 Å². The maximum Gasteiger partial charge on any atom is 0.237 e. The number of hydrogen-bond donors (Lipinski definition) is 0. The molecule has 0 spiro atoms. The number of rotatable bonds is 5. The molecule has 0 N–H and O–H groups in total. The molecule has 0 unspecified atom stereocenters. The monoisotopic (exact) mass is 370 g/mol. The molecule has 2 aromatic rings. The highest BCUT2D eigenvalue weighted by atomic mass is 35.5. The summed E-state index contributed by atoms with van der Waals surface area (Å²) in [6, 6.07) is 11.0. The number of piperidine rings is 1. The molecule has 7 heteroatoms. The van der Waals surface area contributed by atoms with Crippen LogP contribution >= 0.6 is 11.6 Å². The molecule has 1 saturated heterocycles. The molecule has 0 radical (unpaired) electrons. The third kappa shape index (κ3) is 4.50. The lowest BCUT2D eigenvalue weighted by atomic mass is 9.98. The third-order valence-corrected chi connectivity index (χ3v) is 4.66. The standard InChI is InChI=1S/C19H19ClN4O2/c20-11-18(25)24-8-5-14(6-9-24)13-26-17-4-7-22-19(23-17)16-3-1-2-15(10-16)12-21/h1-4,7,10,14H,5-6,8-9,11,13H2. The van der Waals surface area contributed by atoms with Crippen molar-refractivity contribution in [3.05, 3.63) is 42.1 Å². The number of nitrogens with zero attached hydrogens (tertiary/aromatic N) is 4. The number of amides is 1. The number of alkyl halides is 1. The topological polar surface area (TPSA) is 79.1 Å². The molecule has 0 aliphatic carbocycles. The molecule has 0 atom stereocenters. The van der Waals surface area contributed by atoms with Crippen molar-refractivity contribution in [2.24, 2.45) is 5.92 Å². The predicted octanol–water partition coefficient (Wildman–Crippen LogP) is 2.87. The van der Waals surface area contributed by atoms with E-state index < -0.39 is 0 Å². The molecule has 1 aliphatic heterocycles. The zero-order chi connectivity index (χ0) is 18.4. The van der Waals surface area contributed by atoms with Crippen LogP contribution in [0.4, 0.5) is 0 Å². The SMILES string of the molecule is N#Cc1cccc(-c2nccc(OCC3CCN(C(=O)CCl)CC3)n2)c1. The number of aromatic nitrogens is 2. The maximum absolute atomic E-state index is 11.6. The van der Waals surface area contributed by atoms with Crippen LogP contribution in [-0.4, -0.2) is 46.4 Å². The van der Waals surface area contributed by atoms with Gasteiger partial charge in [-0.2, -0.15) is 10.2 Å². The normalized spacial score (nSPS) is 14.7. The van der Waals surface area contributed by atoms with Crippen LogP contribution in [0.5, 0.6) is 5.88 Å². The fourth-order valence-electron chi connectivity index (χ4n) is 2.93. The van der Waals surface area contributed by atoms with Crippen LogP contribution in [0.25, 0.3) is 11.4 Å². The van der Waals surface area contributed by atoms with Gasteiger partial charge in [-0.1, -0.05) is 12.1 Å². The van der Waals surface area contributed by atoms with Crippen molar-refractivity contribution < 1.29 is 9.53 Å². The van der Waals surface area contributed by atoms with Gasteiger partial charge >= 0.3 is 0 Å². The molecule has 1 aromatic carbocycles. The second kappa shape index (κ2) is 8.63. The second-order valence-electron chi connectivity index (χ2n) is 6.18. The van der Waals surface area contributed by atoms with E-state index in [0.717, 1.165) is 31.5 Å². The van der Waals surface area contributed by atoms with Gasteiger partial charge in [0.15, 0.2) is 5.82 Å². The Morgan fingerprint density at radius 2 is 2.15 bits per heavy atom. The molecular formula is C19H19ClN4O2. The number of ether oxygens (including phenoxy) is 1. The van der Waals surface area contributed by atoms with Gasteiger partial charge in [0.1, 0.15) is 5.88 Å². The molecule has 2 heterocycles. The van der Waals surface area contributed by atoms with Gasteiger partial charge in [0.2, 0.25) is 11.8 Å². The van der Waals surface area contributed by atoms with Gasteiger partial charge in [-0.15, -0.1) is 11.6 Å². The molecule has 1 amide bonds. The molecule has 0 bridgehead atoms. The lowest BCUT2D eigenvalue weighted by Crippen LogP contribution is -2.40. The lowest BCUT2D eigenvalue weighted by molar-refractivity contribution is -0.130. The van der Waals surface area contributed by atoms with E-state index in [1.165, 1.54) is 0 Å². The Kier molecular flexibility index (Phi) is 6.03. The highest BCUT2D eigenvalue weighted by Crippen LogP contribution is 2.21. The molecule has 0 saturated carbocycles. The number of carbonyl (C=O) groups is 1. The molecule has 26 heavy (non-hydrogen) atoms. The summed E-state index contributed by atoms with van der Waals surface area (Å²) in [4.78, 5) is 22.1. The minimum Gasteiger partial charge on any atom is -0.477 e. The average molecular weight is 371 g/mol. The zero-order valence-corrected chi connectivity index (χ0v) is 15.0. The fourth-order valence-corrected chi connectivity index (χ4v) is 3.10.